The van der Waals surface area contributed by atoms with Crippen LogP contribution in [0.3, 0.4) is 0 Å². The fraction of sp³-hybridized carbons (Fsp3) is 0.800. The van der Waals surface area contributed by atoms with Gasteiger partial charge in [0.2, 0.25) is 0 Å². The third kappa shape index (κ3) is 12.5. The van der Waals surface area contributed by atoms with Gasteiger partial charge in [-0.1, -0.05) is 0 Å². The van der Waals surface area contributed by atoms with E-state index < -0.39 is 0 Å². The predicted octanol–water partition coefficient (Wildman–Crippen LogP) is 0.709. The standard InChI is InChI=1S/C4H9N.CH4N4.ClH/c1-5-4-2-3-4;2-4-1-5-3;/h4-5H,2-3H2,1H3;1-2H,3H2;1H. The second-order valence-electron chi connectivity index (χ2n) is 1.96. The molecule has 66 valence electrons. The van der Waals surface area contributed by atoms with Crippen LogP contribution in [0, 0.1) is 5.53 Å². The van der Waals surface area contributed by atoms with E-state index in [-0.39, 0.29) is 12.4 Å². The molecule has 0 amide bonds. The lowest BCUT2D eigenvalue weighted by Crippen LogP contribution is -2.06. The molecular weight excluding hydrogens is 166 g/mol. The van der Waals surface area contributed by atoms with Gasteiger partial charge in [0.05, 0.1) is 0 Å². The van der Waals surface area contributed by atoms with Gasteiger partial charge in [-0.15, -0.1) is 17.5 Å². The van der Waals surface area contributed by atoms with Crippen molar-refractivity contribution in [3.63, 3.8) is 0 Å². The zero-order chi connectivity index (χ0) is 7.82. The van der Waals surface area contributed by atoms with Crippen molar-refractivity contribution in [1.29, 1.82) is 5.53 Å². The number of nitrogens with zero attached hydrogens (tertiary/aromatic N) is 2. The molecule has 0 aromatic carbocycles. The summed E-state index contributed by atoms with van der Waals surface area (Å²) < 4.78 is 0. The number of rotatable bonds is 2. The molecule has 4 N–H and O–H groups in total. The smallest absolute Gasteiger partial charge is 0.156 e. The summed E-state index contributed by atoms with van der Waals surface area (Å²) in [6.07, 6.45) is 3.74. The SMILES string of the molecule is CNC1CC1.Cl.N=NC=NN. The molecular formula is C5H14ClN5. The maximum absolute atomic E-state index is 6.00. The molecule has 0 atom stereocenters. The van der Waals surface area contributed by atoms with Gasteiger partial charge in [-0.25, -0.2) is 5.53 Å². The lowest BCUT2D eigenvalue weighted by atomic mass is 10.7. The van der Waals surface area contributed by atoms with E-state index in [0.717, 1.165) is 12.4 Å². The maximum Gasteiger partial charge on any atom is 0.156 e. The van der Waals surface area contributed by atoms with Gasteiger partial charge in [0.15, 0.2) is 6.34 Å². The highest BCUT2D eigenvalue weighted by Gasteiger charge is 2.17. The molecule has 1 saturated carbocycles. The summed E-state index contributed by atoms with van der Waals surface area (Å²) in [7, 11) is 2.01. The van der Waals surface area contributed by atoms with Crippen LogP contribution in [0.25, 0.3) is 0 Å². The zero-order valence-corrected chi connectivity index (χ0v) is 7.27. The van der Waals surface area contributed by atoms with E-state index >= 15 is 0 Å². The first-order chi connectivity index (χ1) is 4.85. The molecule has 11 heavy (non-hydrogen) atoms. The molecule has 1 rings (SSSR count). The van der Waals surface area contributed by atoms with Crippen LogP contribution in [0.1, 0.15) is 12.8 Å². The van der Waals surface area contributed by atoms with Gasteiger partial charge in [0.1, 0.15) is 0 Å². The molecule has 0 radical (unpaired) electrons. The zero-order valence-electron chi connectivity index (χ0n) is 6.45. The van der Waals surface area contributed by atoms with Crippen LogP contribution in [-0.4, -0.2) is 19.4 Å². The molecule has 6 heteroatoms. The lowest BCUT2D eigenvalue weighted by molar-refractivity contribution is 0.811. The Balaban J connectivity index is 0. The van der Waals surface area contributed by atoms with Crippen molar-refractivity contribution in [2.24, 2.45) is 16.1 Å². The third-order valence-corrected chi connectivity index (χ3v) is 1.11. The van der Waals surface area contributed by atoms with E-state index in [9.17, 15) is 0 Å². The molecule has 1 fully saturated rings. The van der Waals surface area contributed by atoms with Gasteiger partial charge in [-0.2, -0.15) is 5.10 Å². The summed E-state index contributed by atoms with van der Waals surface area (Å²) in [6, 6.07) is 0.884. The molecule has 1 aliphatic carbocycles. The van der Waals surface area contributed by atoms with Crippen LogP contribution in [0.4, 0.5) is 0 Å². The molecule has 0 spiro atoms. The molecule has 0 heterocycles. The first-order valence-electron chi connectivity index (χ1n) is 3.10. The molecule has 1 aliphatic rings. The Morgan fingerprint density at radius 1 is 1.64 bits per heavy atom. The molecule has 0 aromatic heterocycles. The van der Waals surface area contributed by atoms with E-state index in [1.165, 1.54) is 12.8 Å². The number of nitrogens with one attached hydrogen (secondary N) is 2. The Bertz CT molecular complexity index is 111. The molecule has 5 nitrogen and oxygen atoms in total. The average molecular weight is 180 g/mol. The van der Waals surface area contributed by atoms with Gasteiger partial charge in [-0.3, -0.25) is 0 Å². The third-order valence-electron chi connectivity index (χ3n) is 1.11. The van der Waals surface area contributed by atoms with Crippen LogP contribution in [0.5, 0.6) is 0 Å². The Labute approximate surface area is 72.3 Å². The van der Waals surface area contributed by atoms with Crippen LogP contribution in [0.2, 0.25) is 0 Å². The van der Waals surface area contributed by atoms with E-state index in [1.54, 1.807) is 0 Å². The fourth-order valence-corrected chi connectivity index (χ4v) is 0.405. The van der Waals surface area contributed by atoms with Crippen molar-refractivity contribution in [1.82, 2.24) is 5.32 Å². The second-order valence-corrected chi connectivity index (χ2v) is 1.96. The Morgan fingerprint density at radius 3 is 2.18 bits per heavy atom. The largest absolute Gasteiger partial charge is 0.322 e. The summed E-state index contributed by atoms with van der Waals surface area (Å²) in [5, 5.41) is 8.70. The van der Waals surface area contributed by atoms with Crippen molar-refractivity contribution in [2.45, 2.75) is 18.9 Å². The van der Waals surface area contributed by atoms with Gasteiger partial charge >= 0.3 is 0 Å². The van der Waals surface area contributed by atoms with Crippen LogP contribution in [0.15, 0.2) is 10.2 Å². The first-order valence-corrected chi connectivity index (χ1v) is 3.10. The monoisotopic (exact) mass is 179 g/mol. The van der Waals surface area contributed by atoms with E-state index in [0.29, 0.717) is 0 Å². The molecule has 0 aromatic rings. The number of hydrogen-bond acceptors (Lipinski definition) is 4. The quantitative estimate of drug-likeness (QED) is 0.192. The van der Waals surface area contributed by atoms with Gasteiger partial charge in [-0.05, 0) is 19.9 Å². The molecule has 0 aliphatic heterocycles. The van der Waals surface area contributed by atoms with Crippen molar-refractivity contribution < 1.29 is 0 Å². The minimum Gasteiger partial charge on any atom is -0.322 e. The highest BCUT2D eigenvalue weighted by atomic mass is 35.5. The number of halogens is 1. The predicted molar refractivity (Wildman–Crippen MR) is 47.2 cm³/mol. The van der Waals surface area contributed by atoms with Crippen LogP contribution < -0.4 is 11.2 Å². The molecule has 0 bridgehead atoms. The molecule has 0 unspecified atom stereocenters. The van der Waals surface area contributed by atoms with Crippen molar-refractivity contribution in [3.8, 4) is 0 Å². The summed E-state index contributed by atoms with van der Waals surface area (Å²) in [4.78, 5) is 0. The Morgan fingerprint density at radius 2 is 2.18 bits per heavy atom. The highest BCUT2D eigenvalue weighted by Crippen LogP contribution is 2.16. The highest BCUT2D eigenvalue weighted by molar-refractivity contribution is 5.85. The average Bonchev–Trinajstić information content (AvgIpc) is 2.72. The summed E-state index contributed by atoms with van der Waals surface area (Å²) in [5.41, 5.74) is 6.00. The van der Waals surface area contributed by atoms with Crippen molar-refractivity contribution in [3.05, 3.63) is 0 Å². The van der Waals surface area contributed by atoms with Gasteiger partial charge in [0, 0.05) is 6.04 Å². The fourth-order valence-electron chi connectivity index (χ4n) is 0.405. The minimum absolute atomic E-state index is 0. The summed E-state index contributed by atoms with van der Waals surface area (Å²) in [5.74, 6) is 4.49. The number of nitrogens with two attached hydrogens (primary N) is 1. The van der Waals surface area contributed by atoms with Gasteiger partial charge in [0.25, 0.3) is 0 Å². The second kappa shape index (κ2) is 9.32. The van der Waals surface area contributed by atoms with E-state index in [4.69, 9.17) is 5.53 Å². The van der Waals surface area contributed by atoms with Crippen molar-refractivity contribution in [2.75, 3.05) is 7.05 Å². The van der Waals surface area contributed by atoms with E-state index in [2.05, 4.69) is 21.4 Å². The minimum atomic E-state index is 0. The van der Waals surface area contributed by atoms with Gasteiger partial charge < -0.3 is 11.2 Å². The van der Waals surface area contributed by atoms with Crippen LogP contribution in [-0.2, 0) is 0 Å². The first kappa shape index (κ1) is 12.9. The maximum atomic E-state index is 6.00. The number of hydrogen-bond donors (Lipinski definition) is 3. The topological polar surface area (TPSA) is 86.6 Å². The Kier molecular flexibility index (Phi) is 11.0. The van der Waals surface area contributed by atoms with E-state index in [1.807, 2.05) is 7.05 Å². The Hall–Kier alpha value is -0.680. The van der Waals surface area contributed by atoms with Crippen molar-refractivity contribution >= 4 is 18.7 Å². The normalized spacial score (nSPS) is 14.6. The number of hydrazone groups is 1. The lowest BCUT2D eigenvalue weighted by Gasteiger charge is -1.80. The molecule has 0 saturated heterocycles. The summed E-state index contributed by atoms with van der Waals surface area (Å²) in [6.45, 7) is 0. The van der Waals surface area contributed by atoms with Crippen LogP contribution >= 0.6 is 12.4 Å². The summed E-state index contributed by atoms with van der Waals surface area (Å²) >= 11 is 0.